The van der Waals surface area contributed by atoms with Gasteiger partial charge in [0.1, 0.15) is 5.84 Å². The van der Waals surface area contributed by atoms with E-state index in [0.29, 0.717) is 12.5 Å². The van der Waals surface area contributed by atoms with Crippen molar-refractivity contribution in [1.82, 2.24) is 9.78 Å². The van der Waals surface area contributed by atoms with Crippen molar-refractivity contribution in [3.05, 3.63) is 18.0 Å². The van der Waals surface area contributed by atoms with Gasteiger partial charge in [0.2, 0.25) is 0 Å². The molecular weight excluding hydrogens is 168 g/mol. The molecule has 0 radical (unpaired) electrons. The van der Waals surface area contributed by atoms with Gasteiger partial charge in [-0.2, -0.15) is 5.10 Å². The molecule has 0 amide bonds. The Morgan fingerprint density at radius 3 is 2.92 bits per heavy atom. The maximum atomic E-state index is 8.34. The fourth-order valence-electron chi connectivity index (χ4n) is 0.980. The highest BCUT2D eigenvalue weighted by Gasteiger charge is 2.03. The molecule has 1 aromatic heterocycles. The largest absolute Gasteiger partial charge is 0.409 e. The standard InChI is InChI=1S/C8H14N4O/c1-6(2)12-4-3-7(10-12)5-8(9)11-13/h3-4,6,13H,5H2,1-2H3,(H2,9,11). The molecule has 0 aromatic carbocycles. The normalized spacial score (nSPS) is 12.4. The predicted octanol–water partition coefficient (Wildman–Crippen LogP) is 0.753. The van der Waals surface area contributed by atoms with E-state index in [9.17, 15) is 0 Å². The van der Waals surface area contributed by atoms with Crippen LogP contribution in [0.5, 0.6) is 0 Å². The van der Waals surface area contributed by atoms with Crippen LogP contribution in [0.1, 0.15) is 25.6 Å². The van der Waals surface area contributed by atoms with Crippen molar-refractivity contribution in [2.24, 2.45) is 10.9 Å². The lowest BCUT2D eigenvalue weighted by Gasteiger charge is -2.03. The number of nitrogens with two attached hydrogens (primary N) is 1. The summed E-state index contributed by atoms with van der Waals surface area (Å²) in [7, 11) is 0. The minimum atomic E-state index is 0.175. The maximum Gasteiger partial charge on any atom is 0.145 e. The van der Waals surface area contributed by atoms with Crippen LogP contribution in [0, 0.1) is 0 Å². The summed E-state index contributed by atoms with van der Waals surface area (Å²) >= 11 is 0. The van der Waals surface area contributed by atoms with Gasteiger partial charge < -0.3 is 10.9 Å². The first-order chi connectivity index (χ1) is 6.13. The highest BCUT2D eigenvalue weighted by Crippen LogP contribution is 2.04. The third-order valence-corrected chi connectivity index (χ3v) is 1.68. The zero-order valence-corrected chi connectivity index (χ0v) is 7.81. The monoisotopic (exact) mass is 182 g/mol. The molecule has 5 heteroatoms. The number of rotatable bonds is 3. The lowest BCUT2D eigenvalue weighted by Crippen LogP contribution is -2.15. The highest BCUT2D eigenvalue weighted by atomic mass is 16.4. The van der Waals surface area contributed by atoms with Gasteiger partial charge in [0.15, 0.2) is 0 Å². The molecule has 0 atom stereocenters. The molecule has 0 aliphatic heterocycles. The van der Waals surface area contributed by atoms with Crippen molar-refractivity contribution >= 4 is 5.84 Å². The summed E-state index contributed by atoms with van der Waals surface area (Å²) in [6.07, 6.45) is 2.26. The molecule has 1 rings (SSSR count). The zero-order valence-electron chi connectivity index (χ0n) is 7.81. The maximum absolute atomic E-state index is 8.34. The number of hydrogen-bond donors (Lipinski definition) is 2. The van der Waals surface area contributed by atoms with E-state index in [2.05, 4.69) is 10.3 Å². The Balaban J connectivity index is 2.69. The SMILES string of the molecule is CC(C)n1ccc(CC(N)=NO)n1. The minimum absolute atomic E-state index is 0.175. The number of amidine groups is 1. The van der Waals surface area contributed by atoms with Gasteiger partial charge in [0.25, 0.3) is 0 Å². The molecule has 0 fully saturated rings. The summed E-state index contributed by atoms with van der Waals surface area (Å²) in [6, 6.07) is 2.19. The molecule has 3 N–H and O–H groups in total. The molecule has 0 saturated carbocycles. The van der Waals surface area contributed by atoms with E-state index < -0.39 is 0 Å². The summed E-state index contributed by atoms with van der Waals surface area (Å²) in [5.41, 5.74) is 6.15. The van der Waals surface area contributed by atoms with Crippen LogP contribution in [0.4, 0.5) is 0 Å². The van der Waals surface area contributed by atoms with E-state index in [0.717, 1.165) is 5.69 Å². The Labute approximate surface area is 76.8 Å². The van der Waals surface area contributed by atoms with Crippen LogP contribution in [-0.2, 0) is 6.42 Å². The predicted molar refractivity (Wildman–Crippen MR) is 49.7 cm³/mol. The van der Waals surface area contributed by atoms with E-state index in [1.807, 2.05) is 30.8 Å². The Morgan fingerprint density at radius 2 is 2.46 bits per heavy atom. The summed E-state index contributed by atoms with van der Waals surface area (Å²) < 4.78 is 1.83. The van der Waals surface area contributed by atoms with Crippen LogP contribution in [0.2, 0.25) is 0 Å². The molecule has 0 aliphatic carbocycles. The molecule has 1 heterocycles. The van der Waals surface area contributed by atoms with Gasteiger partial charge in [-0.1, -0.05) is 5.16 Å². The van der Waals surface area contributed by atoms with Crippen molar-refractivity contribution in [3.8, 4) is 0 Å². The summed E-state index contributed by atoms with van der Waals surface area (Å²) in [5.74, 6) is 0.175. The van der Waals surface area contributed by atoms with E-state index >= 15 is 0 Å². The molecule has 0 aliphatic rings. The second kappa shape index (κ2) is 3.93. The molecule has 1 aromatic rings. The first kappa shape index (κ1) is 9.57. The number of aromatic nitrogens is 2. The molecule has 5 nitrogen and oxygen atoms in total. The average molecular weight is 182 g/mol. The minimum Gasteiger partial charge on any atom is -0.409 e. The summed E-state index contributed by atoms with van der Waals surface area (Å²) in [6.45, 7) is 4.08. The molecular formula is C8H14N4O. The van der Waals surface area contributed by atoms with Gasteiger partial charge >= 0.3 is 0 Å². The van der Waals surface area contributed by atoms with Crippen molar-refractivity contribution in [3.63, 3.8) is 0 Å². The number of hydrogen-bond acceptors (Lipinski definition) is 3. The van der Waals surface area contributed by atoms with Crippen LogP contribution in [0.25, 0.3) is 0 Å². The first-order valence-corrected chi connectivity index (χ1v) is 4.14. The van der Waals surface area contributed by atoms with Gasteiger partial charge in [0.05, 0.1) is 12.1 Å². The lowest BCUT2D eigenvalue weighted by molar-refractivity contribution is 0.317. The molecule has 13 heavy (non-hydrogen) atoms. The zero-order chi connectivity index (χ0) is 9.84. The van der Waals surface area contributed by atoms with Crippen molar-refractivity contribution in [1.29, 1.82) is 0 Å². The average Bonchev–Trinajstić information content (AvgIpc) is 2.52. The Bertz CT molecular complexity index is 303. The second-order valence-corrected chi connectivity index (χ2v) is 3.15. The van der Waals surface area contributed by atoms with Crippen LogP contribution >= 0.6 is 0 Å². The topological polar surface area (TPSA) is 76.4 Å². The van der Waals surface area contributed by atoms with Crippen molar-refractivity contribution < 1.29 is 5.21 Å². The highest BCUT2D eigenvalue weighted by molar-refractivity contribution is 5.81. The fourth-order valence-corrected chi connectivity index (χ4v) is 0.980. The van der Waals surface area contributed by atoms with E-state index in [1.54, 1.807) is 0 Å². The van der Waals surface area contributed by atoms with E-state index in [-0.39, 0.29) is 5.84 Å². The van der Waals surface area contributed by atoms with Gasteiger partial charge in [0, 0.05) is 12.2 Å². The first-order valence-electron chi connectivity index (χ1n) is 4.14. The van der Waals surface area contributed by atoms with Crippen LogP contribution < -0.4 is 5.73 Å². The lowest BCUT2D eigenvalue weighted by atomic mass is 10.3. The van der Waals surface area contributed by atoms with Crippen LogP contribution in [-0.4, -0.2) is 20.8 Å². The molecule has 0 unspecified atom stereocenters. The fraction of sp³-hybridized carbons (Fsp3) is 0.500. The third-order valence-electron chi connectivity index (χ3n) is 1.68. The van der Waals surface area contributed by atoms with Crippen LogP contribution in [0.15, 0.2) is 17.4 Å². The smallest absolute Gasteiger partial charge is 0.145 e. The van der Waals surface area contributed by atoms with Gasteiger partial charge in [-0.3, -0.25) is 4.68 Å². The quantitative estimate of drug-likeness (QED) is 0.313. The van der Waals surface area contributed by atoms with E-state index in [4.69, 9.17) is 10.9 Å². The van der Waals surface area contributed by atoms with Gasteiger partial charge in [-0.15, -0.1) is 0 Å². The Morgan fingerprint density at radius 1 is 1.77 bits per heavy atom. The van der Waals surface area contributed by atoms with E-state index in [1.165, 1.54) is 0 Å². The molecule has 0 bridgehead atoms. The van der Waals surface area contributed by atoms with Crippen molar-refractivity contribution in [2.75, 3.05) is 0 Å². The summed E-state index contributed by atoms with van der Waals surface area (Å²) in [5, 5.41) is 15.5. The second-order valence-electron chi connectivity index (χ2n) is 3.15. The van der Waals surface area contributed by atoms with Gasteiger partial charge in [-0.25, -0.2) is 0 Å². The third kappa shape index (κ3) is 2.47. The molecule has 72 valence electrons. The number of nitrogens with zero attached hydrogens (tertiary/aromatic N) is 3. The van der Waals surface area contributed by atoms with Crippen molar-refractivity contribution in [2.45, 2.75) is 26.3 Å². The van der Waals surface area contributed by atoms with Crippen LogP contribution in [0.3, 0.4) is 0 Å². The molecule has 0 saturated heterocycles. The number of oxime groups is 1. The summed E-state index contributed by atoms with van der Waals surface area (Å²) in [4.78, 5) is 0. The van der Waals surface area contributed by atoms with Gasteiger partial charge in [-0.05, 0) is 19.9 Å². The Hall–Kier alpha value is -1.52. The Kier molecular flexibility index (Phi) is 2.89. The molecule has 0 spiro atoms.